The Labute approximate surface area is 97.3 Å². The van der Waals surface area contributed by atoms with Gasteiger partial charge in [0, 0.05) is 24.4 Å². The van der Waals surface area contributed by atoms with E-state index in [0.717, 1.165) is 6.54 Å². The molecule has 0 spiro atoms. The van der Waals surface area contributed by atoms with Gasteiger partial charge in [-0.3, -0.25) is 4.79 Å². The Morgan fingerprint density at radius 2 is 1.81 bits per heavy atom. The third-order valence-electron chi connectivity index (χ3n) is 3.21. The van der Waals surface area contributed by atoms with Gasteiger partial charge in [0.2, 0.25) is 5.91 Å². The fraction of sp³-hybridized carbons (Fsp3) is 0.500. The average molecular weight is 217 g/mol. The second-order valence-corrected chi connectivity index (χ2v) is 5.49. The van der Waals surface area contributed by atoms with E-state index >= 15 is 0 Å². The van der Waals surface area contributed by atoms with E-state index in [1.165, 1.54) is 5.56 Å². The van der Waals surface area contributed by atoms with E-state index in [2.05, 4.69) is 32.9 Å². The molecular weight excluding hydrogens is 198 g/mol. The largest absolute Gasteiger partial charge is 0.337 e. The molecule has 1 aliphatic heterocycles. The predicted octanol–water partition coefficient (Wildman–Crippen LogP) is 2.80. The van der Waals surface area contributed by atoms with Crippen LogP contribution in [0.15, 0.2) is 30.3 Å². The van der Waals surface area contributed by atoms with Gasteiger partial charge in [0.1, 0.15) is 0 Å². The molecule has 1 heterocycles. The van der Waals surface area contributed by atoms with E-state index in [4.69, 9.17) is 0 Å². The average Bonchev–Trinajstić information content (AvgIpc) is 2.61. The molecule has 1 atom stereocenters. The summed E-state index contributed by atoms with van der Waals surface area (Å²) in [7, 11) is 0. The van der Waals surface area contributed by atoms with E-state index in [0.29, 0.717) is 12.3 Å². The van der Waals surface area contributed by atoms with Crippen LogP contribution in [-0.2, 0) is 4.79 Å². The lowest BCUT2D eigenvalue weighted by atomic mass is 9.98. The zero-order chi connectivity index (χ0) is 11.8. The summed E-state index contributed by atoms with van der Waals surface area (Å²) < 4.78 is 0. The summed E-state index contributed by atoms with van der Waals surface area (Å²) in [6.45, 7) is 7.14. The van der Waals surface area contributed by atoms with Crippen LogP contribution in [0.2, 0.25) is 0 Å². The normalized spacial score (nSPS) is 21.6. The lowest BCUT2D eigenvalue weighted by molar-refractivity contribution is -0.131. The fourth-order valence-corrected chi connectivity index (χ4v) is 2.30. The van der Waals surface area contributed by atoms with Crippen LogP contribution in [0, 0.1) is 0 Å². The zero-order valence-electron chi connectivity index (χ0n) is 10.2. The number of hydrogen-bond acceptors (Lipinski definition) is 1. The number of likely N-dealkylation sites (tertiary alicyclic amines) is 1. The summed E-state index contributed by atoms with van der Waals surface area (Å²) in [5.74, 6) is 0.647. The Morgan fingerprint density at radius 3 is 2.31 bits per heavy atom. The minimum atomic E-state index is -0.0549. The molecule has 2 heteroatoms. The Balaban J connectivity index is 2.16. The van der Waals surface area contributed by atoms with Gasteiger partial charge in [-0.15, -0.1) is 0 Å². The van der Waals surface area contributed by atoms with E-state index in [1.54, 1.807) is 0 Å². The van der Waals surface area contributed by atoms with Crippen molar-refractivity contribution in [3.63, 3.8) is 0 Å². The van der Waals surface area contributed by atoms with E-state index in [1.807, 2.05) is 23.1 Å². The van der Waals surface area contributed by atoms with Crippen LogP contribution in [0.3, 0.4) is 0 Å². The topological polar surface area (TPSA) is 20.3 Å². The number of benzene rings is 1. The summed E-state index contributed by atoms with van der Waals surface area (Å²) >= 11 is 0. The van der Waals surface area contributed by atoms with Crippen molar-refractivity contribution in [3.05, 3.63) is 35.9 Å². The van der Waals surface area contributed by atoms with Gasteiger partial charge in [-0.2, -0.15) is 0 Å². The maximum atomic E-state index is 11.9. The SMILES string of the molecule is CC(C)(C)N1CC(c2ccccc2)CC1=O. The molecule has 1 unspecified atom stereocenters. The highest BCUT2D eigenvalue weighted by Crippen LogP contribution is 2.32. The monoisotopic (exact) mass is 217 g/mol. The molecule has 1 fully saturated rings. The molecule has 0 N–H and O–H groups in total. The summed E-state index contributed by atoms with van der Waals surface area (Å²) in [4.78, 5) is 13.9. The van der Waals surface area contributed by atoms with Crippen molar-refractivity contribution in [1.29, 1.82) is 0 Å². The maximum absolute atomic E-state index is 11.9. The number of hydrogen-bond donors (Lipinski definition) is 0. The van der Waals surface area contributed by atoms with Crippen molar-refractivity contribution >= 4 is 5.91 Å². The molecule has 1 saturated heterocycles. The van der Waals surface area contributed by atoms with Gasteiger partial charge in [-0.1, -0.05) is 30.3 Å². The summed E-state index contributed by atoms with van der Waals surface area (Å²) in [5, 5.41) is 0. The molecule has 1 aliphatic rings. The van der Waals surface area contributed by atoms with E-state index in [-0.39, 0.29) is 11.4 Å². The first kappa shape index (κ1) is 11.2. The summed E-state index contributed by atoms with van der Waals surface area (Å²) in [6, 6.07) is 10.3. The van der Waals surface area contributed by atoms with Crippen molar-refractivity contribution < 1.29 is 4.79 Å². The van der Waals surface area contributed by atoms with Crippen LogP contribution in [0.5, 0.6) is 0 Å². The van der Waals surface area contributed by atoms with E-state index in [9.17, 15) is 4.79 Å². The minimum Gasteiger partial charge on any atom is -0.337 e. The van der Waals surface area contributed by atoms with Gasteiger partial charge in [0.25, 0.3) is 0 Å². The van der Waals surface area contributed by atoms with Crippen LogP contribution in [0.25, 0.3) is 0 Å². The molecule has 1 aromatic carbocycles. The van der Waals surface area contributed by atoms with Crippen LogP contribution in [0.4, 0.5) is 0 Å². The Morgan fingerprint density at radius 1 is 1.19 bits per heavy atom. The summed E-state index contributed by atoms with van der Waals surface area (Å²) in [5.41, 5.74) is 1.23. The van der Waals surface area contributed by atoms with Crippen molar-refractivity contribution in [1.82, 2.24) is 4.90 Å². The fourth-order valence-electron chi connectivity index (χ4n) is 2.30. The maximum Gasteiger partial charge on any atom is 0.223 e. The lowest BCUT2D eigenvalue weighted by Crippen LogP contribution is -2.42. The van der Waals surface area contributed by atoms with Gasteiger partial charge < -0.3 is 4.90 Å². The molecule has 0 radical (unpaired) electrons. The second kappa shape index (κ2) is 3.93. The molecule has 2 rings (SSSR count). The highest BCUT2D eigenvalue weighted by Gasteiger charge is 2.36. The number of carbonyl (C=O) groups is 1. The molecular formula is C14H19NO. The van der Waals surface area contributed by atoms with Crippen molar-refractivity contribution in [2.24, 2.45) is 0 Å². The first-order valence-corrected chi connectivity index (χ1v) is 5.84. The third-order valence-corrected chi connectivity index (χ3v) is 3.21. The lowest BCUT2D eigenvalue weighted by Gasteiger charge is -2.32. The number of amides is 1. The quantitative estimate of drug-likeness (QED) is 0.708. The molecule has 1 amide bonds. The number of carbonyl (C=O) groups excluding carboxylic acids is 1. The first-order valence-electron chi connectivity index (χ1n) is 5.84. The highest BCUT2D eigenvalue weighted by atomic mass is 16.2. The highest BCUT2D eigenvalue weighted by molar-refractivity contribution is 5.80. The molecule has 16 heavy (non-hydrogen) atoms. The predicted molar refractivity (Wildman–Crippen MR) is 65.3 cm³/mol. The van der Waals surface area contributed by atoms with Gasteiger partial charge in [-0.05, 0) is 26.3 Å². The van der Waals surface area contributed by atoms with E-state index < -0.39 is 0 Å². The minimum absolute atomic E-state index is 0.0549. The van der Waals surface area contributed by atoms with Crippen molar-refractivity contribution in [2.75, 3.05) is 6.54 Å². The molecule has 1 aromatic rings. The summed E-state index contributed by atoms with van der Waals surface area (Å²) in [6.07, 6.45) is 0.654. The van der Waals surface area contributed by atoms with Gasteiger partial charge in [0.15, 0.2) is 0 Å². The Hall–Kier alpha value is -1.31. The Kier molecular flexibility index (Phi) is 2.75. The third kappa shape index (κ3) is 2.11. The van der Waals surface area contributed by atoms with Crippen LogP contribution >= 0.6 is 0 Å². The molecule has 0 aliphatic carbocycles. The van der Waals surface area contributed by atoms with Gasteiger partial charge in [0.05, 0.1) is 0 Å². The van der Waals surface area contributed by atoms with Gasteiger partial charge in [-0.25, -0.2) is 0 Å². The Bertz CT molecular complexity index is 377. The standard InChI is InChI=1S/C14H19NO/c1-14(2,3)15-10-12(9-13(15)16)11-7-5-4-6-8-11/h4-8,12H,9-10H2,1-3H3. The van der Waals surface area contributed by atoms with Gasteiger partial charge >= 0.3 is 0 Å². The molecule has 0 bridgehead atoms. The van der Waals surface area contributed by atoms with Crippen LogP contribution in [0.1, 0.15) is 38.7 Å². The molecule has 2 nitrogen and oxygen atoms in total. The number of rotatable bonds is 1. The van der Waals surface area contributed by atoms with Crippen LogP contribution in [-0.4, -0.2) is 22.9 Å². The smallest absolute Gasteiger partial charge is 0.223 e. The van der Waals surface area contributed by atoms with Crippen molar-refractivity contribution in [2.45, 2.75) is 38.6 Å². The van der Waals surface area contributed by atoms with Crippen LogP contribution < -0.4 is 0 Å². The molecule has 0 saturated carbocycles. The molecule has 86 valence electrons. The van der Waals surface area contributed by atoms with Crippen molar-refractivity contribution in [3.8, 4) is 0 Å². The first-order chi connectivity index (χ1) is 7.48. The number of nitrogens with zero attached hydrogens (tertiary/aromatic N) is 1. The molecule has 0 aromatic heterocycles. The second-order valence-electron chi connectivity index (χ2n) is 5.49. The zero-order valence-corrected chi connectivity index (χ0v) is 10.2.